The van der Waals surface area contributed by atoms with E-state index in [0.717, 1.165) is 22.3 Å². The molecule has 0 saturated carbocycles. The van der Waals surface area contributed by atoms with Gasteiger partial charge in [0.1, 0.15) is 12.4 Å². The minimum Gasteiger partial charge on any atom is -0.465 e. The molecule has 0 saturated heterocycles. The Balaban J connectivity index is 2.09. The quantitative estimate of drug-likeness (QED) is 0.634. The van der Waals surface area contributed by atoms with Crippen molar-refractivity contribution in [3.05, 3.63) is 63.7 Å². The number of rotatable bonds is 4. The van der Waals surface area contributed by atoms with Crippen LogP contribution in [0.2, 0.25) is 5.02 Å². The maximum atomic E-state index is 13.2. The summed E-state index contributed by atoms with van der Waals surface area (Å²) in [7, 11) is 0. The number of nitrogens with zero attached hydrogens (tertiary/aromatic N) is 2. The number of carbonyl (C=O) groups excluding carboxylic acids is 2. The number of ether oxygens (including phenoxy) is 1. The number of esters is 1. The Bertz CT molecular complexity index is 1060. The van der Waals surface area contributed by atoms with Gasteiger partial charge in [0, 0.05) is 0 Å². The molecule has 0 radical (unpaired) electrons. The van der Waals surface area contributed by atoms with Crippen LogP contribution in [0.3, 0.4) is 0 Å². The van der Waals surface area contributed by atoms with E-state index in [1.54, 1.807) is 11.5 Å². The van der Waals surface area contributed by atoms with Crippen molar-refractivity contribution in [3.63, 3.8) is 0 Å². The lowest BCUT2D eigenvalue weighted by atomic mass is 10.2. The minimum atomic E-state index is -0.612. The lowest BCUT2D eigenvalue weighted by Crippen LogP contribution is -2.23. The number of aromatic nitrogens is 1. The van der Waals surface area contributed by atoms with Crippen molar-refractivity contribution >= 4 is 45.0 Å². The minimum absolute atomic E-state index is 0.0168. The summed E-state index contributed by atoms with van der Waals surface area (Å²) in [4.78, 5) is 28.9. The largest absolute Gasteiger partial charge is 0.465 e. The van der Waals surface area contributed by atoms with E-state index in [1.807, 2.05) is 24.3 Å². The van der Waals surface area contributed by atoms with Crippen LogP contribution in [-0.2, 0) is 16.1 Å². The van der Waals surface area contributed by atoms with Gasteiger partial charge in [0.2, 0.25) is 0 Å². The third-order valence-electron chi connectivity index (χ3n) is 3.54. The predicted molar refractivity (Wildman–Crippen MR) is 97.8 cm³/mol. The Kier molecular flexibility index (Phi) is 5.49. The first-order valence-electron chi connectivity index (χ1n) is 7.77. The average Bonchev–Trinajstić information content (AvgIpc) is 2.92. The zero-order chi connectivity index (χ0) is 18.7. The van der Waals surface area contributed by atoms with Crippen molar-refractivity contribution in [2.24, 2.45) is 4.99 Å². The van der Waals surface area contributed by atoms with Gasteiger partial charge in [-0.05, 0) is 37.3 Å². The highest BCUT2D eigenvalue weighted by atomic mass is 35.5. The molecule has 3 rings (SSSR count). The van der Waals surface area contributed by atoms with E-state index < -0.39 is 17.7 Å². The van der Waals surface area contributed by atoms with E-state index >= 15 is 0 Å². The normalized spacial score (nSPS) is 11.7. The van der Waals surface area contributed by atoms with Crippen molar-refractivity contribution in [1.29, 1.82) is 0 Å². The Labute approximate surface area is 157 Å². The van der Waals surface area contributed by atoms with Crippen molar-refractivity contribution in [3.8, 4) is 0 Å². The summed E-state index contributed by atoms with van der Waals surface area (Å²) in [5, 5.41) is -0.0168. The lowest BCUT2D eigenvalue weighted by Gasteiger charge is -2.05. The van der Waals surface area contributed by atoms with Gasteiger partial charge in [0.15, 0.2) is 4.80 Å². The number of hydrogen-bond acceptors (Lipinski definition) is 4. The fourth-order valence-electron chi connectivity index (χ4n) is 2.40. The zero-order valence-corrected chi connectivity index (χ0v) is 15.3. The molecule has 0 unspecified atom stereocenters. The number of amides is 1. The molecule has 3 aromatic rings. The summed E-state index contributed by atoms with van der Waals surface area (Å²) >= 11 is 7.20. The van der Waals surface area contributed by atoms with Crippen LogP contribution in [0.4, 0.5) is 4.39 Å². The standard InChI is InChI=1S/C18H14ClFN2O3S/c1-2-25-16(23)10-22-14-5-3-4-6-15(14)26-18(22)21-17(24)12-8-7-11(20)9-13(12)19/h3-9H,2,10H2,1H3. The molecule has 0 spiro atoms. The molecule has 1 heterocycles. The fraction of sp³-hybridized carbons (Fsp3) is 0.167. The van der Waals surface area contributed by atoms with Crippen LogP contribution >= 0.6 is 22.9 Å². The van der Waals surface area contributed by atoms with Gasteiger partial charge in [-0.2, -0.15) is 4.99 Å². The van der Waals surface area contributed by atoms with Gasteiger partial charge < -0.3 is 9.30 Å². The number of benzene rings is 2. The number of hydrogen-bond donors (Lipinski definition) is 0. The number of thiazole rings is 1. The molecule has 8 heteroatoms. The van der Waals surface area contributed by atoms with Gasteiger partial charge in [0.05, 0.1) is 27.4 Å². The van der Waals surface area contributed by atoms with Gasteiger partial charge in [-0.25, -0.2) is 4.39 Å². The maximum Gasteiger partial charge on any atom is 0.326 e. The van der Waals surface area contributed by atoms with Crippen molar-refractivity contribution in [1.82, 2.24) is 4.57 Å². The topological polar surface area (TPSA) is 60.7 Å². The average molecular weight is 393 g/mol. The summed E-state index contributed by atoms with van der Waals surface area (Å²) in [6, 6.07) is 10.9. The molecule has 2 aromatic carbocycles. The molecule has 0 aliphatic heterocycles. The molecule has 26 heavy (non-hydrogen) atoms. The summed E-state index contributed by atoms with van der Waals surface area (Å²) in [6.07, 6.45) is 0. The van der Waals surface area contributed by atoms with E-state index in [0.29, 0.717) is 4.80 Å². The van der Waals surface area contributed by atoms with Crippen LogP contribution in [0.5, 0.6) is 0 Å². The highest BCUT2D eigenvalue weighted by molar-refractivity contribution is 7.16. The summed E-state index contributed by atoms with van der Waals surface area (Å²) in [5.41, 5.74) is 0.857. The second-order valence-corrected chi connectivity index (χ2v) is 6.70. The van der Waals surface area contributed by atoms with Gasteiger partial charge in [0.25, 0.3) is 5.91 Å². The first kappa shape index (κ1) is 18.3. The van der Waals surface area contributed by atoms with Crippen LogP contribution in [0.25, 0.3) is 10.2 Å². The molecule has 0 bridgehead atoms. The van der Waals surface area contributed by atoms with Gasteiger partial charge >= 0.3 is 5.97 Å². The molecule has 1 aromatic heterocycles. The van der Waals surface area contributed by atoms with Crippen LogP contribution < -0.4 is 4.80 Å². The van der Waals surface area contributed by atoms with Gasteiger partial charge in [-0.3, -0.25) is 9.59 Å². The number of carbonyl (C=O) groups is 2. The summed E-state index contributed by atoms with van der Waals surface area (Å²) in [5.74, 6) is -1.57. The SMILES string of the molecule is CCOC(=O)Cn1c(=NC(=O)c2ccc(F)cc2Cl)sc2ccccc21. The maximum absolute atomic E-state index is 13.2. The molecular formula is C18H14ClFN2O3S. The smallest absolute Gasteiger partial charge is 0.326 e. The van der Waals surface area contributed by atoms with E-state index in [4.69, 9.17) is 16.3 Å². The van der Waals surface area contributed by atoms with Crippen molar-refractivity contribution in [2.75, 3.05) is 6.61 Å². The predicted octanol–water partition coefficient (Wildman–Crippen LogP) is 3.80. The van der Waals surface area contributed by atoms with Crippen LogP contribution in [0.15, 0.2) is 47.5 Å². The second-order valence-electron chi connectivity index (χ2n) is 5.28. The molecule has 0 aliphatic carbocycles. The van der Waals surface area contributed by atoms with Crippen LogP contribution in [0.1, 0.15) is 17.3 Å². The molecular weight excluding hydrogens is 379 g/mol. The molecule has 0 fully saturated rings. The van der Waals surface area contributed by atoms with Crippen LogP contribution in [0, 0.1) is 5.82 Å². The monoisotopic (exact) mass is 392 g/mol. The van der Waals surface area contributed by atoms with Gasteiger partial charge in [-0.1, -0.05) is 35.1 Å². The first-order chi connectivity index (χ1) is 12.5. The molecule has 1 amide bonds. The Morgan fingerprint density at radius 1 is 1.27 bits per heavy atom. The highest BCUT2D eigenvalue weighted by Gasteiger charge is 2.14. The van der Waals surface area contributed by atoms with E-state index in [-0.39, 0.29) is 23.7 Å². The molecule has 5 nitrogen and oxygen atoms in total. The third-order valence-corrected chi connectivity index (χ3v) is 4.91. The second kappa shape index (κ2) is 7.80. The first-order valence-corrected chi connectivity index (χ1v) is 8.97. The molecule has 0 atom stereocenters. The van der Waals surface area contributed by atoms with E-state index in [1.165, 1.54) is 17.4 Å². The Hall–Kier alpha value is -2.51. The summed E-state index contributed by atoms with van der Waals surface area (Å²) < 4.78 is 20.7. The van der Waals surface area contributed by atoms with E-state index in [2.05, 4.69) is 4.99 Å². The Morgan fingerprint density at radius 2 is 2.04 bits per heavy atom. The number of fused-ring (bicyclic) bond motifs is 1. The Morgan fingerprint density at radius 3 is 2.77 bits per heavy atom. The molecule has 0 aliphatic rings. The third kappa shape index (κ3) is 3.84. The van der Waals surface area contributed by atoms with Crippen LogP contribution in [-0.4, -0.2) is 23.1 Å². The summed E-state index contributed by atoms with van der Waals surface area (Å²) in [6.45, 7) is 1.92. The van der Waals surface area contributed by atoms with Crippen molar-refractivity contribution in [2.45, 2.75) is 13.5 Å². The van der Waals surface area contributed by atoms with Gasteiger partial charge in [-0.15, -0.1) is 0 Å². The lowest BCUT2D eigenvalue weighted by molar-refractivity contribution is -0.143. The molecule has 0 N–H and O–H groups in total. The van der Waals surface area contributed by atoms with Crippen molar-refractivity contribution < 1.29 is 18.7 Å². The van der Waals surface area contributed by atoms with E-state index in [9.17, 15) is 14.0 Å². The highest BCUT2D eigenvalue weighted by Crippen LogP contribution is 2.19. The molecule has 134 valence electrons. The number of para-hydroxylation sites is 1. The fourth-order valence-corrected chi connectivity index (χ4v) is 3.68. The zero-order valence-electron chi connectivity index (χ0n) is 13.7. The number of halogens is 2.